The van der Waals surface area contributed by atoms with Crippen LogP contribution in [0.3, 0.4) is 0 Å². The zero-order chi connectivity index (χ0) is 8.10. The molecule has 0 fully saturated rings. The van der Waals surface area contributed by atoms with E-state index in [0.717, 1.165) is 10.8 Å². The average molecular weight is 186 g/mol. The average Bonchev–Trinajstić information content (AvgIpc) is 2.06. The fourth-order valence-corrected chi connectivity index (χ4v) is 0.878. The van der Waals surface area contributed by atoms with Gasteiger partial charge in [-0.05, 0) is 12.1 Å². The molecule has 1 N–H and O–H groups in total. The Balaban J connectivity index is 2.58. The number of carbonyl (C=O) groups is 1. The highest BCUT2D eigenvalue weighted by atomic mass is 33.1. The summed E-state index contributed by atoms with van der Waals surface area (Å²) in [5, 5.41) is 2.37. The number of carbonyl (C=O) groups excluding carboxylic acids is 1. The first-order valence-corrected chi connectivity index (χ1v) is 4.72. The molecule has 5 heteroatoms. The smallest absolute Gasteiger partial charge is 0.293 e. The normalized spacial score (nSPS) is 9.18. The van der Waals surface area contributed by atoms with Gasteiger partial charge in [0.1, 0.15) is 0 Å². The molecule has 1 heterocycles. The topological polar surface area (TPSA) is 42.0 Å². The molecule has 0 aromatic carbocycles. The first kappa shape index (κ1) is 8.42. The van der Waals surface area contributed by atoms with E-state index in [4.69, 9.17) is 0 Å². The van der Waals surface area contributed by atoms with Crippen LogP contribution in [0.15, 0.2) is 24.5 Å². The Morgan fingerprint density at radius 3 is 3.09 bits per heavy atom. The fourth-order valence-electron chi connectivity index (χ4n) is 0.577. The van der Waals surface area contributed by atoms with E-state index in [0.29, 0.717) is 5.69 Å². The van der Waals surface area contributed by atoms with Gasteiger partial charge in [-0.2, -0.15) is 0 Å². The molecular weight excluding hydrogens is 180 g/mol. The molecule has 0 aliphatic heterocycles. The highest BCUT2D eigenvalue weighted by Crippen LogP contribution is 2.11. The highest BCUT2D eigenvalue weighted by molar-refractivity contribution is 8.74. The third-order valence-corrected chi connectivity index (χ3v) is 1.76. The van der Waals surface area contributed by atoms with Gasteiger partial charge >= 0.3 is 0 Å². The minimum atomic E-state index is -0.207. The van der Waals surface area contributed by atoms with Gasteiger partial charge in [0.25, 0.3) is 5.24 Å². The van der Waals surface area contributed by atoms with Crippen LogP contribution in [0.1, 0.15) is 0 Å². The van der Waals surface area contributed by atoms with Crippen LogP contribution in [0.2, 0.25) is 0 Å². The summed E-state index contributed by atoms with van der Waals surface area (Å²) in [6.07, 6.45) is 3.21. The maximum atomic E-state index is 10.7. The summed E-state index contributed by atoms with van der Waals surface area (Å²) in [6.45, 7) is 0. The van der Waals surface area contributed by atoms with Gasteiger partial charge in [0.2, 0.25) is 0 Å². The van der Waals surface area contributed by atoms with Crippen LogP contribution >= 0.6 is 22.5 Å². The molecule has 0 saturated heterocycles. The lowest BCUT2D eigenvalue weighted by molar-refractivity contribution is 0.270. The van der Waals surface area contributed by atoms with Crippen LogP contribution in [0.25, 0.3) is 0 Å². The molecule has 11 heavy (non-hydrogen) atoms. The Hall–Kier alpha value is -0.680. The van der Waals surface area contributed by atoms with Crippen molar-refractivity contribution in [3.63, 3.8) is 0 Å². The number of aromatic nitrogens is 1. The third kappa shape index (κ3) is 2.81. The summed E-state index contributed by atoms with van der Waals surface area (Å²) in [5.41, 5.74) is 0.680. The predicted octanol–water partition coefficient (Wildman–Crippen LogP) is 2.19. The van der Waals surface area contributed by atoms with Crippen LogP contribution in [-0.2, 0) is 0 Å². The van der Waals surface area contributed by atoms with E-state index in [-0.39, 0.29) is 5.24 Å². The highest BCUT2D eigenvalue weighted by Gasteiger charge is 1.97. The van der Waals surface area contributed by atoms with Crippen LogP contribution in [0.5, 0.6) is 0 Å². The molecule has 1 rings (SSSR count). The predicted molar refractivity (Wildman–Crippen MR) is 49.8 cm³/mol. The molecule has 0 unspecified atom stereocenters. The number of hydrogen-bond donors (Lipinski definition) is 2. The van der Waals surface area contributed by atoms with Crippen molar-refractivity contribution in [2.24, 2.45) is 0 Å². The molecule has 0 radical (unpaired) electrons. The standard InChI is InChI=1S/C6H6N2OS2/c9-6(11-10)8-5-2-1-3-7-4-5/h1-4,10H,(H,8,9). The monoisotopic (exact) mass is 186 g/mol. The molecule has 0 aliphatic rings. The molecule has 0 atom stereocenters. The van der Waals surface area contributed by atoms with E-state index < -0.39 is 0 Å². The van der Waals surface area contributed by atoms with Gasteiger partial charge in [0.15, 0.2) is 0 Å². The van der Waals surface area contributed by atoms with Crippen molar-refractivity contribution in [1.29, 1.82) is 0 Å². The second-order valence-corrected chi connectivity index (χ2v) is 2.85. The Morgan fingerprint density at radius 2 is 2.55 bits per heavy atom. The van der Waals surface area contributed by atoms with E-state index in [1.165, 1.54) is 0 Å². The van der Waals surface area contributed by atoms with E-state index in [9.17, 15) is 4.79 Å². The van der Waals surface area contributed by atoms with Crippen LogP contribution in [0.4, 0.5) is 10.5 Å². The molecule has 0 bridgehead atoms. The number of hydrogen-bond acceptors (Lipinski definition) is 4. The maximum Gasteiger partial charge on any atom is 0.293 e. The molecule has 1 aromatic heterocycles. The van der Waals surface area contributed by atoms with Crippen LogP contribution in [0, 0.1) is 0 Å². The van der Waals surface area contributed by atoms with Crippen molar-refractivity contribution >= 4 is 33.4 Å². The Bertz CT molecular complexity index is 240. The number of nitrogens with zero attached hydrogens (tertiary/aromatic N) is 1. The molecule has 3 nitrogen and oxygen atoms in total. The van der Waals surface area contributed by atoms with Crippen LogP contribution < -0.4 is 5.32 Å². The summed E-state index contributed by atoms with van der Waals surface area (Å²) < 4.78 is 0. The molecule has 0 saturated carbocycles. The van der Waals surface area contributed by atoms with Crippen molar-refractivity contribution in [2.75, 3.05) is 5.32 Å². The van der Waals surface area contributed by atoms with E-state index in [1.807, 2.05) is 0 Å². The van der Waals surface area contributed by atoms with Crippen molar-refractivity contribution < 1.29 is 4.79 Å². The molecule has 58 valence electrons. The Labute approximate surface area is 73.4 Å². The lowest BCUT2D eigenvalue weighted by atomic mass is 10.4. The number of nitrogens with one attached hydrogen (secondary N) is 1. The number of pyridine rings is 1. The third-order valence-electron chi connectivity index (χ3n) is 0.991. The van der Waals surface area contributed by atoms with Gasteiger partial charge in [-0.1, -0.05) is 0 Å². The second-order valence-electron chi connectivity index (χ2n) is 1.75. The lowest BCUT2D eigenvalue weighted by Crippen LogP contribution is -2.02. The minimum absolute atomic E-state index is 0.207. The summed E-state index contributed by atoms with van der Waals surface area (Å²) in [6, 6.07) is 3.51. The molecule has 1 amide bonds. The first-order valence-electron chi connectivity index (χ1n) is 2.85. The van der Waals surface area contributed by atoms with Gasteiger partial charge < -0.3 is 5.32 Å². The van der Waals surface area contributed by atoms with Crippen molar-refractivity contribution in [2.45, 2.75) is 0 Å². The van der Waals surface area contributed by atoms with Crippen molar-refractivity contribution in [3.8, 4) is 0 Å². The van der Waals surface area contributed by atoms with Gasteiger partial charge in [0, 0.05) is 17.0 Å². The molecule has 0 spiro atoms. The Morgan fingerprint density at radius 1 is 1.73 bits per heavy atom. The lowest BCUT2D eigenvalue weighted by Gasteiger charge is -1.98. The summed E-state index contributed by atoms with van der Waals surface area (Å²) >= 11 is 3.73. The van der Waals surface area contributed by atoms with Crippen molar-refractivity contribution in [3.05, 3.63) is 24.5 Å². The van der Waals surface area contributed by atoms with Gasteiger partial charge in [-0.3, -0.25) is 9.78 Å². The number of thiol groups is 1. The summed E-state index contributed by atoms with van der Waals surface area (Å²) in [4.78, 5) is 14.6. The van der Waals surface area contributed by atoms with Gasteiger partial charge in [0.05, 0.1) is 11.9 Å². The SMILES string of the molecule is O=C(Nc1cccnc1)SS. The zero-order valence-corrected chi connectivity index (χ0v) is 7.23. The molecular formula is C6H6N2OS2. The minimum Gasteiger partial charge on any atom is -0.315 e. The quantitative estimate of drug-likeness (QED) is 0.522. The van der Waals surface area contributed by atoms with E-state index in [2.05, 4.69) is 22.0 Å². The van der Waals surface area contributed by atoms with Crippen molar-refractivity contribution in [1.82, 2.24) is 4.98 Å². The van der Waals surface area contributed by atoms with Crippen LogP contribution in [-0.4, -0.2) is 10.2 Å². The summed E-state index contributed by atoms with van der Waals surface area (Å²) in [5.74, 6) is 0. The number of amides is 1. The summed E-state index contributed by atoms with van der Waals surface area (Å²) in [7, 11) is 0.836. The van der Waals surface area contributed by atoms with Gasteiger partial charge in [-0.15, -0.1) is 11.7 Å². The van der Waals surface area contributed by atoms with E-state index in [1.54, 1.807) is 24.5 Å². The second kappa shape index (κ2) is 4.25. The number of rotatable bonds is 1. The zero-order valence-electron chi connectivity index (χ0n) is 5.52. The largest absolute Gasteiger partial charge is 0.315 e. The Kier molecular flexibility index (Phi) is 3.25. The molecule has 0 aliphatic carbocycles. The maximum absolute atomic E-state index is 10.7. The fraction of sp³-hybridized carbons (Fsp3) is 0. The molecule has 1 aromatic rings. The van der Waals surface area contributed by atoms with Gasteiger partial charge in [-0.25, -0.2) is 0 Å². The first-order chi connectivity index (χ1) is 5.33. The number of anilines is 1. The van der Waals surface area contributed by atoms with E-state index >= 15 is 0 Å².